The standard InChI is InChI=1S/C24H20ClFN4O3S/c25-16-5-7-17(8-6-16)30-23(32)22-20(9-14-34-22)29(24(30)33)15-21(31)28-12-10-27(11-13-28)19-4-2-1-3-18(19)26/h1-9,14H,10-13,15H2. The third-order valence-corrected chi connectivity index (χ3v) is 7.10. The van der Waals surface area contributed by atoms with Gasteiger partial charge in [-0.05, 0) is 47.8 Å². The summed E-state index contributed by atoms with van der Waals surface area (Å²) < 4.78 is 16.9. The summed E-state index contributed by atoms with van der Waals surface area (Å²) in [4.78, 5) is 43.1. The summed E-state index contributed by atoms with van der Waals surface area (Å²) in [6, 6.07) is 14.6. The molecule has 1 saturated heterocycles. The summed E-state index contributed by atoms with van der Waals surface area (Å²) >= 11 is 7.18. The first-order chi connectivity index (χ1) is 16.4. The number of fused-ring (bicyclic) bond motifs is 1. The Kier molecular flexibility index (Phi) is 5.97. The van der Waals surface area contributed by atoms with Gasteiger partial charge in [-0.1, -0.05) is 23.7 Å². The normalized spacial score (nSPS) is 14.1. The van der Waals surface area contributed by atoms with Crippen LogP contribution in [0.3, 0.4) is 0 Å². The Hall–Kier alpha value is -3.43. The molecule has 0 spiro atoms. The number of benzene rings is 2. The van der Waals surface area contributed by atoms with Gasteiger partial charge in [-0.3, -0.25) is 14.2 Å². The number of amides is 1. The van der Waals surface area contributed by atoms with Gasteiger partial charge in [0.25, 0.3) is 5.56 Å². The van der Waals surface area contributed by atoms with Crippen molar-refractivity contribution in [2.24, 2.45) is 0 Å². The summed E-state index contributed by atoms with van der Waals surface area (Å²) in [6.45, 7) is 1.59. The zero-order chi connectivity index (χ0) is 23.8. The SMILES string of the molecule is O=C(Cn1c(=O)n(-c2ccc(Cl)cc2)c(=O)c2sccc21)N1CCN(c2ccccc2F)CC1. The lowest BCUT2D eigenvalue weighted by atomic mass is 10.2. The van der Waals surface area contributed by atoms with Crippen molar-refractivity contribution >= 4 is 44.7 Å². The van der Waals surface area contributed by atoms with E-state index in [9.17, 15) is 18.8 Å². The predicted molar refractivity (Wildman–Crippen MR) is 132 cm³/mol. The van der Waals surface area contributed by atoms with Crippen LogP contribution in [-0.2, 0) is 11.3 Å². The maximum Gasteiger partial charge on any atom is 0.336 e. The molecule has 4 aromatic rings. The molecule has 174 valence electrons. The first-order valence-corrected chi connectivity index (χ1v) is 12.0. The van der Waals surface area contributed by atoms with Crippen molar-refractivity contribution in [2.75, 3.05) is 31.1 Å². The summed E-state index contributed by atoms with van der Waals surface area (Å²) in [5.41, 5.74) is 0.315. The molecule has 0 saturated carbocycles. The van der Waals surface area contributed by atoms with Gasteiger partial charge < -0.3 is 9.80 Å². The smallest absolute Gasteiger partial charge is 0.336 e. The molecule has 0 atom stereocenters. The van der Waals surface area contributed by atoms with E-state index < -0.39 is 11.2 Å². The number of anilines is 1. The lowest BCUT2D eigenvalue weighted by molar-refractivity contribution is -0.132. The number of aromatic nitrogens is 2. The molecule has 0 radical (unpaired) electrons. The molecule has 2 aromatic carbocycles. The lowest BCUT2D eigenvalue weighted by Crippen LogP contribution is -2.51. The van der Waals surface area contributed by atoms with Crippen LogP contribution in [0.5, 0.6) is 0 Å². The number of carbonyl (C=O) groups is 1. The molecule has 1 fully saturated rings. The largest absolute Gasteiger partial charge is 0.366 e. The van der Waals surface area contributed by atoms with Crippen LogP contribution in [0.2, 0.25) is 5.02 Å². The number of halogens is 2. The Labute approximate surface area is 202 Å². The highest BCUT2D eigenvalue weighted by atomic mass is 35.5. The molecule has 10 heteroatoms. The molecule has 7 nitrogen and oxygen atoms in total. The van der Waals surface area contributed by atoms with E-state index in [-0.39, 0.29) is 18.3 Å². The van der Waals surface area contributed by atoms with Crippen molar-refractivity contribution in [3.63, 3.8) is 0 Å². The number of hydrogen-bond donors (Lipinski definition) is 0. The second-order valence-electron chi connectivity index (χ2n) is 7.94. The minimum Gasteiger partial charge on any atom is -0.366 e. The van der Waals surface area contributed by atoms with Crippen molar-refractivity contribution in [1.29, 1.82) is 0 Å². The van der Waals surface area contributed by atoms with E-state index in [1.54, 1.807) is 58.8 Å². The molecule has 0 N–H and O–H groups in total. The van der Waals surface area contributed by atoms with Gasteiger partial charge in [0, 0.05) is 31.2 Å². The van der Waals surface area contributed by atoms with Crippen molar-refractivity contribution in [3.8, 4) is 5.69 Å². The third-order valence-electron chi connectivity index (χ3n) is 5.96. The van der Waals surface area contributed by atoms with Crippen molar-refractivity contribution in [3.05, 3.63) is 91.7 Å². The first kappa shape index (κ1) is 22.4. The average Bonchev–Trinajstić information content (AvgIpc) is 3.34. The molecule has 0 unspecified atom stereocenters. The quantitative estimate of drug-likeness (QED) is 0.433. The fraction of sp³-hybridized carbons (Fsp3) is 0.208. The molecule has 2 aromatic heterocycles. The summed E-state index contributed by atoms with van der Waals surface area (Å²) in [7, 11) is 0. The van der Waals surface area contributed by atoms with Gasteiger partial charge in [-0.25, -0.2) is 13.8 Å². The molecular formula is C24H20ClFN4O3S. The second kappa shape index (κ2) is 9.08. The van der Waals surface area contributed by atoms with Crippen molar-refractivity contribution < 1.29 is 9.18 Å². The van der Waals surface area contributed by atoms with Crippen LogP contribution in [-0.4, -0.2) is 46.1 Å². The minimum atomic E-state index is -0.587. The maximum absolute atomic E-state index is 14.1. The van der Waals surface area contributed by atoms with Crippen LogP contribution < -0.4 is 16.1 Å². The monoisotopic (exact) mass is 498 g/mol. The molecule has 0 bridgehead atoms. The van der Waals surface area contributed by atoms with Crippen LogP contribution >= 0.6 is 22.9 Å². The van der Waals surface area contributed by atoms with Gasteiger partial charge in [0.05, 0.1) is 16.9 Å². The van der Waals surface area contributed by atoms with E-state index in [2.05, 4.69) is 0 Å². The molecule has 1 aliphatic rings. The Balaban J connectivity index is 1.42. The number of rotatable bonds is 4. The number of carbonyl (C=O) groups excluding carboxylic acids is 1. The van der Waals surface area contributed by atoms with Crippen LogP contribution in [0.15, 0.2) is 69.6 Å². The van der Waals surface area contributed by atoms with Crippen LogP contribution in [0.1, 0.15) is 0 Å². The summed E-state index contributed by atoms with van der Waals surface area (Å²) in [5.74, 6) is -0.526. The number of hydrogen-bond acceptors (Lipinski definition) is 5. The highest BCUT2D eigenvalue weighted by Crippen LogP contribution is 2.21. The predicted octanol–water partition coefficient (Wildman–Crippen LogP) is 3.36. The highest BCUT2D eigenvalue weighted by molar-refractivity contribution is 7.17. The zero-order valence-corrected chi connectivity index (χ0v) is 19.6. The highest BCUT2D eigenvalue weighted by Gasteiger charge is 2.25. The first-order valence-electron chi connectivity index (χ1n) is 10.7. The van der Waals surface area contributed by atoms with Crippen LogP contribution in [0, 0.1) is 5.82 Å². The van der Waals surface area contributed by atoms with Gasteiger partial charge in [-0.15, -0.1) is 11.3 Å². The third kappa shape index (κ3) is 4.01. The lowest BCUT2D eigenvalue weighted by Gasteiger charge is -2.36. The summed E-state index contributed by atoms with van der Waals surface area (Å²) in [6.07, 6.45) is 0. The van der Waals surface area contributed by atoms with Gasteiger partial charge in [-0.2, -0.15) is 0 Å². The second-order valence-corrected chi connectivity index (χ2v) is 9.29. The topological polar surface area (TPSA) is 67.5 Å². The Bertz CT molecular complexity index is 1490. The zero-order valence-electron chi connectivity index (χ0n) is 18.0. The maximum atomic E-state index is 14.1. The van der Waals surface area contributed by atoms with Crippen LogP contribution in [0.25, 0.3) is 15.9 Å². The molecule has 1 aliphatic heterocycles. The minimum absolute atomic E-state index is 0.195. The molecule has 3 heterocycles. The average molecular weight is 499 g/mol. The van der Waals surface area contributed by atoms with Gasteiger partial charge in [0.1, 0.15) is 17.1 Å². The number of para-hydroxylation sites is 1. The van der Waals surface area contributed by atoms with Gasteiger partial charge in [0.2, 0.25) is 5.91 Å². The Morgan fingerprint density at radius 3 is 2.38 bits per heavy atom. The van der Waals surface area contributed by atoms with E-state index >= 15 is 0 Å². The summed E-state index contributed by atoms with van der Waals surface area (Å²) in [5, 5.41) is 2.21. The Morgan fingerprint density at radius 1 is 0.971 bits per heavy atom. The Morgan fingerprint density at radius 2 is 1.68 bits per heavy atom. The number of thiophene rings is 1. The van der Waals surface area contributed by atoms with E-state index in [0.717, 1.165) is 4.57 Å². The number of piperazine rings is 1. The van der Waals surface area contributed by atoms with E-state index in [1.165, 1.54) is 22.0 Å². The molecule has 1 amide bonds. The van der Waals surface area contributed by atoms with E-state index in [0.29, 0.717) is 52.8 Å². The molecular weight excluding hydrogens is 479 g/mol. The van der Waals surface area contributed by atoms with Gasteiger partial charge in [0.15, 0.2) is 0 Å². The molecule has 5 rings (SSSR count). The fourth-order valence-corrected chi connectivity index (χ4v) is 5.15. The van der Waals surface area contributed by atoms with E-state index in [1.807, 2.05) is 4.90 Å². The van der Waals surface area contributed by atoms with Crippen molar-refractivity contribution in [2.45, 2.75) is 6.54 Å². The van der Waals surface area contributed by atoms with Crippen molar-refractivity contribution in [1.82, 2.24) is 14.0 Å². The number of nitrogens with zero attached hydrogens (tertiary/aromatic N) is 4. The van der Waals surface area contributed by atoms with E-state index in [4.69, 9.17) is 11.6 Å². The van der Waals surface area contributed by atoms with Gasteiger partial charge >= 0.3 is 5.69 Å². The molecule has 34 heavy (non-hydrogen) atoms. The molecule has 0 aliphatic carbocycles. The van der Waals surface area contributed by atoms with Crippen LogP contribution in [0.4, 0.5) is 10.1 Å². The fourth-order valence-electron chi connectivity index (χ4n) is 4.20.